The number of para-hydroxylation sites is 1. The molecule has 194 valence electrons. The standard InChI is InChI=1S/C28H36N2O6/c1-4-29-13-15-35-25-11-6-5-9-21(25)10-7-8-12-28(27(29)32)20-30(14-16-36-28)26(31)22-17-23(33-2)19-24(18-22)34-3/h5-6,9,11,17-19H,4,7-8,10,12-16,20H2,1-3H3. The van der Waals surface area contributed by atoms with Gasteiger partial charge in [-0.3, -0.25) is 9.59 Å². The predicted molar refractivity (Wildman–Crippen MR) is 136 cm³/mol. The highest BCUT2D eigenvalue weighted by Gasteiger charge is 2.46. The van der Waals surface area contributed by atoms with Crippen molar-refractivity contribution in [3.63, 3.8) is 0 Å². The molecule has 2 aromatic rings. The van der Waals surface area contributed by atoms with Crippen LogP contribution in [0.4, 0.5) is 0 Å². The van der Waals surface area contributed by atoms with Crippen molar-refractivity contribution >= 4 is 11.8 Å². The van der Waals surface area contributed by atoms with Crippen LogP contribution in [0.3, 0.4) is 0 Å². The summed E-state index contributed by atoms with van der Waals surface area (Å²) in [5.74, 6) is 1.72. The van der Waals surface area contributed by atoms with E-state index in [1.807, 2.05) is 25.1 Å². The van der Waals surface area contributed by atoms with Gasteiger partial charge in [-0.1, -0.05) is 18.2 Å². The molecule has 1 saturated heterocycles. The van der Waals surface area contributed by atoms with E-state index in [4.69, 9.17) is 18.9 Å². The third-order valence-electron chi connectivity index (χ3n) is 7.00. The van der Waals surface area contributed by atoms with Gasteiger partial charge in [-0.15, -0.1) is 0 Å². The molecule has 2 heterocycles. The second kappa shape index (κ2) is 11.6. The molecule has 8 nitrogen and oxygen atoms in total. The molecular weight excluding hydrogens is 460 g/mol. The topological polar surface area (TPSA) is 77.5 Å². The van der Waals surface area contributed by atoms with Gasteiger partial charge in [0.25, 0.3) is 11.8 Å². The molecule has 8 heteroatoms. The van der Waals surface area contributed by atoms with Crippen LogP contribution >= 0.6 is 0 Å². The van der Waals surface area contributed by atoms with Crippen LogP contribution in [0.25, 0.3) is 0 Å². The van der Waals surface area contributed by atoms with Gasteiger partial charge in [-0.2, -0.15) is 0 Å². The predicted octanol–water partition coefficient (Wildman–Crippen LogP) is 3.57. The summed E-state index contributed by atoms with van der Waals surface area (Å²) in [5.41, 5.74) is 0.557. The Labute approximate surface area is 213 Å². The van der Waals surface area contributed by atoms with Gasteiger partial charge in [0.05, 0.1) is 33.9 Å². The van der Waals surface area contributed by atoms with E-state index in [1.165, 1.54) is 5.56 Å². The Morgan fingerprint density at radius 3 is 2.50 bits per heavy atom. The minimum absolute atomic E-state index is 0.0804. The molecule has 2 aliphatic rings. The molecule has 4 rings (SSSR count). The SMILES string of the molecule is CCN1CCOc2ccccc2CCCCC2(CN(C(=O)c3cc(OC)cc(OC)c3)CCO2)C1=O. The summed E-state index contributed by atoms with van der Waals surface area (Å²) in [7, 11) is 3.11. The van der Waals surface area contributed by atoms with E-state index >= 15 is 0 Å². The number of benzene rings is 2. The van der Waals surface area contributed by atoms with E-state index in [9.17, 15) is 9.59 Å². The molecule has 1 unspecified atom stereocenters. The van der Waals surface area contributed by atoms with Gasteiger partial charge in [0.15, 0.2) is 5.60 Å². The number of methoxy groups -OCH3 is 2. The fourth-order valence-corrected chi connectivity index (χ4v) is 4.99. The molecule has 0 aliphatic carbocycles. The molecule has 0 bridgehead atoms. The van der Waals surface area contributed by atoms with Gasteiger partial charge in [0.1, 0.15) is 23.9 Å². The van der Waals surface area contributed by atoms with Gasteiger partial charge in [-0.05, 0) is 56.4 Å². The van der Waals surface area contributed by atoms with Crippen LogP contribution in [0, 0.1) is 0 Å². The van der Waals surface area contributed by atoms with Gasteiger partial charge in [0, 0.05) is 24.7 Å². The largest absolute Gasteiger partial charge is 0.497 e. The van der Waals surface area contributed by atoms with E-state index in [2.05, 4.69) is 6.07 Å². The fourth-order valence-electron chi connectivity index (χ4n) is 4.99. The molecular formula is C28H36N2O6. The first-order chi connectivity index (χ1) is 17.5. The molecule has 2 aliphatic heterocycles. The number of nitrogens with zero attached hydrogens (tertiary/aromatic N) is 2. The van der Waals surface area contributed by atoms with Crippen molar-refractivity contribution in [1.29, 1.82) is 0 Å². The number of likely N-dealkylation sites (N-methyl/N-ethyl adjacent to an activating group) is 1. The third kappa shape index (κ3) is 5.59. The Kier molecular flexibility index (Phi) is 8.36. The van der Waals surface area contributed by atoms with Gasteiger partial charge in [0.2, 0.25) is 0 Å². The Morgan fingerprint density at radius 1 is 1.03 bits per heavy atom. The van der Waals surface area contributed by atoms with E-state index < -0.39 is 5.60 Å². The highest BCUT2D eigenvalue weighted by Crippen LogP contribution is 2.31. The van der Waals surface area contributed by atoms with E-state index in [0.717, 1.165) is 25.0 Å². The minimum atomic E-state index is -1.08. The molecule has 1 atom stereocenters. The molecule has 36 heavy (non-hydrogen) atoms. The average molecular weight is 497 g/mol. The van der Waals surface area contributed by atoms with Crippen LogP contribution in [0.2, 0.25) is 0 Å². The zero-order valence-corrected chi connectivity index (χ0v) is 21.5. The first-order valence-electron chi connectivity index (χ1n) is 12.7. The highest BCUT2D eigenvalue weighted by molar-refractivity contribution is 5.96. The number of morpholine rings is 1. The van der Waals surface area contributed by atoms with Crippen LogP contribution in [0.15, 0.2) is 42.5 Å². The Morgan fingerprint density at radius 2 is 1.78 bits per heavy atom. The summed E-state index contributed by atoms with van der Waals surface area (Å²) in [5, 5.41) is 0. The maximum Gasteiger partial charge on any atom is 0.256 e. The number of fused-ring (bicyclic) bond motifs is 1. The number of hydrogen-bond acceptors (Lipinski definition) is 6. The highest BCUT2D eigenvalue weighted by atomic mass is 16.5. The summed E-state index contributed by atoms with van der Waals surface area (Å²) in [4.78, 5) is 30.9. The number of rotatable bonds is 4. The molecule has 2 amide bonds. The fraction of sp³-hybridized carbons (Fsp3) is 0.500. The van der Waals surface area contributed by atoms with Crippen LogP contribution in [0.5, 0.6) is 17.2 Å². The minimum Gasteiger partial charge on any atom is -0.497 e. The summed E-state index contributed by atoms with van der Waals surface area (Å²) in [6.07, 6.45) is 3.11. The van der Waals surface area contributed by atoms with E-state index in [0.29, 0.717) is 56.3 Å². The quantitative estimate of drug-likeness (QED) is 0.644. The van der Waals surface area contributed by atoms with Crippen molar-refractivity contribution in [1.82, 2.24) is 9.80 Å². The zero-order valence-electron chi connectivity index (χ0n) is 21.5. The normalized spacial score (nSPS) is 21.1. The lowest BCUT2D eigenvalue weighted by molar-refractivity contribution is -0.170. The van der Waals surface area contributed by atoms with Crippen molar-refractivity contribution in [3.05, 3.63) is 53.6 Å². The van der Waals surface area contributed by atoms with Crippen LogP contribution < -0.4 is 14.2 Å². The van der Waals surface area contributed by atoms with E-state index in [1.54, 1.807) is 42.2 Å². The van der Waals surface area contributed by atoms with Gasteiger partial charge < -0.3 is 28.7 Å². The van der Waals surface area contributed by atoms with E-state index in [-0.39, 0.29) is 18.4 Å². The lowest BCUT2D eigenvalue weighted by atomic mass is 9.90. The molecule has 2 aromatic carbocycles. The number of hydrogen-bond donors (Lipinski definition) is 0. The van der Waals surface area contributed by atoms with Crippen LogP contribution in [-0.2, 0) is 16.0 Å². The smallest absolute Gasteiger partial charge is 0.256 e. The Bertz CT molecular complexity index is 1050. The number of carbonyl (C=O) groups excluding carboxylic acids is 2. The Hall–Kier alpha value is -3.26. The third-order valence-corrected chi connectivity index (χ3v) is 7.00. The van der Waals surface area contributed by atoms with Crippen molar-refractivity contribution in [3.8, 4) is 17.2 Å². The average Bonchev–Trinajstić information content (AvgIpc) is 2.92. The maximum atomic E-state index is 13.9. The molecule has 1 spiro atoms. The van der Waals surface area contributed by atoms with Gasteiger partial charge in [-0.25, -0.2) is 0 Å². The zero-order chi connectivity index (χ0) is 25.5. The summed E-state index contributed by atoms with van der Waals surface area (Å²) in [6, 6.07) is 13.2. The lowest BCUT2D eigenvalue weighted by Crippen LogP contribution is -2.62. The van der Waals surface area contributed by atoms with Crippen molar-refractivity contribution in [2.75, 3.05) is 53.6 Å². The van der Waals surface area contributed by atoms with Crippen molar-refractivity contribution in [2.24, 2.45) is 0 Å². The number of amides is 2. The molecule has 0 aromatic heterocycles. The monoisotopic (exact) mass is 496 g/mol. The first-order valence-corrected chi connectivity index (χ1v) is 12.7. The van der Waals surface area contributed by atoms with Crippen molar-refractivity contribution in [2.45, 2.75) is 38.2 Å². The van der Waals surface area contributed by atoms with Crippen molar-refractivity contribution < 1.29 is 28.5 Å². The summed E-state index contributed by atoms with van der Waals surface area (Å²) in [6.45, 7) is 4.27. The number of ether oxygens (including phenoxy) is 4. The maximum absolute atomic E-state index is 13.9. The number of aryl methyl sites for hydroxylation is 1. The summed E-state index contributed by atoms with van der Waals surface area (Å²) >= 11 is 0. The molecule has 0 saturated carbocycles. The molecule has 0 N–H and O–H groups in total. The Balaban J connectivity index is 1.58. The molecule has 1 fully saturated rings. The van der Waals surface area contributed by atoms with Crippen LogP contribution in [0.1, 0.15) is 42.1 Å². The van der Waals surface area contributed by atoms with Crippen LogP contribution in [-0.4, -0.2) is 80.8 Å². The second-order valence-corrected chi connectivity index (χ2v) is 9.22. The molecule has 0 radical (unpaired) electrons. The van der Waals surface area contributed by atoms with Gasteiger partial charge >= 0.3 is 0 Å². The first kappa shape index (κ1) is 25.8. The lowest BCUT2D eigenvalue weighted by Gasteiger charge is -2.44. The summed E-state index contributed by atoms with van der Waals surface area (Å²) < 4.78 is 23.0. The second-order valence-electron chi connectivity index (χ2n) is 9.22. The number of carbonyl (C=O) groups is 2.